The summed E-state index contributed by atoms with van der Waals surface area (Å²) in [6.45, 7) is 0.639. The van der Waals surface area contributed by atoms with Gasteiger partial charge in [0.25, 0.3) is 0 Å². The average molecular weight is 292 g/mol. The molecule has 2 rings (SSSR count). The van der Waals surface area contributed by atoms with E-state index in [-0.39, 0.29) is 17.7 Å². The summed E-state index contributed by atoms with van der Waals surface area (Å²) in [5.74, 6) is -1.84. The van der Waals surface area contributed by atoms with E-state index < -0.39 is 17.4 Å². The number of para-hydroxylation sites is 1. The molecule has 0 N–H and O–H groups in total. The van der Waals surface area contributed by atoms with E-state index in [2.05, 4.69) is 0 Å². The minimum atomic E-state index is -0.897. The summed E-state index contributed by atoms with van der Waals surface area (Å²) in [6.07, 6.45) is 0. The van der Waals surface area contributed by atoms with E-state index >= 15 is 0 Å². The van der Waals surface area contributed by atoms with Gasteiger partial charge in [-0.25, -0.2) is 8.78 Å². The molecule has 0 bridgehead atoms. The van der Waals surface area contributed by atoms with Gasteiger partial charge in [-0.05, 0) is 24.3 Å². The molecule has 0 amide bonds. The van der Waals surface area contributed by atoms with E-state index in [1.807, 2.05) is 0 Å². The molecule has 110 valence electrons. The first-order valence-electron chi connectivity index (χ1n) is 6.34. The predicted molar refractivity (Wildman–Crippen MR) is 73.6 cm³/mol. The number of ether oxygens (including phenoxy) is 2. The third-order valence-corrected chi connectivity index (χ3v) is 2.85. The minimum Gasteiger partial charge on any atom is -0.490 e. The van der Waals surface area contributed by atoms with Gasteiger partial charge < -0.3 is 9.47 Å². The van der Waals surface area contributed by atoms with Gasteiger partial charge in [-0.2, -0.15) is 0 Å². The fourth-order valence-electron chi connectivity index (χ4n) is 1.83. The van der Waals surface area contributed by atoms with E-state index in [1.165, 1.54) is 13.2 Å². The van der Waals surface area contributed by atoms with Crippen LogP contribution in [0.4, 0.5) is 8.78 Å². The van der Waals surface area contributed by atoms with E-state index in [0.29, 0.717) is 18.4 Å². The van der Waals surface area contributed by atoms with E-state index in [0.717, 1.165) is 12.1 Å². The molecular weight excluding hydrogens is 278 g/mol. The second kappa shape index (κ2) is 6.95. The van der Waals surface area contributed by atoms with Crippen LogP contribution in [0.5, 0.6) is 5.75 Å². The van der Waals surface area contributed by atoms with Crippen molar-refractivity contribution in [3.8, 4) is 5.75 Å². The van der Waals surface area contributed by atoms with Crippen LogP contribution in [0, 0.1) is 11.6 Å². The molecule has 0 radical (unpaired) electrons. The quantitative estimate of drug-likeness (QED) is 0.606. The second-order valence-corrected chi connectivity index (χ2v) is 4.29. The number of carbonyl (C=O) groups is 1. The fourth-order valence-corrected chi connectivity index (χ4v) is 1.83. The molecule has 0 aliphatic carbocycles. The Hall–Kier alpha value is -2.27. The van der Waals surface area contributed by atoms with Crippen LogP contribution in [-0.4, -0.2) is 26.1 Å². The summed E-state index contributed by atoms with van der Waals surface area (Å²) in [5.41, 5.74) is 0.0262. The number of hydrogen-bond acceptors (Lipinski definition) is 3. The standard InChI is InChI=1S/C16H14F2O3/c1-20-8-9-21-15-5-3-2-4-13(15)16(19)12-7-6-11(17)10-14(12)18/h2-7,10H,8-9H2,1H3. The third-order valence-electron chi connectivity index (χ3n) is 2.85. The average Bonchev–Trinajstić information content (AvgIpc) is 2.47. The Kier molecular flexibility index (Phi) is 5.00. The van der Waals surface area contributed by atoms with Crippen LogP contribution in [-0.2, 0) is 4.74 Å². The number of methoxy groups -OCH3 is 1. The van der Waals surface area contributed by atoms with Crippen LogP contribution >= 0.6 is 0 Å². The molecule has 0 aliphatic heterocycles. The van der Waals surface area contributed by atoms with Crippen molar-refractivity contribution in [3.63, 3.8) is 0 Å². The maximum Gasteiger partial charge on any atom is 0.199 e. The zero-order valence-electron chi connectivity index (χ0n) is 11.4. The Balaban J connectivity index is 2.30. The zero-order chi connectivity index (χ0) is 15.2. The normalized spacial score (nSPS) is 10.4. The molecule has 0 heterocycles. The van der Waals surface area contributed by atoms with Gasteiger partial charge in [0, 0.05) is 13.2 Å². The van der Waals surface area contributed by atoms with Gasteiger partial charge in [-0.1, -0.05) is 12.1 Å². The highest BCUT2D eigenvalue weighted by molar-refractivity contribution is 6.10. The molecule has 3 nitrogen and oxygen atoms in total. The Morgan fingerprint density at radius 1 is 1.05 bits per heavy atom. The lowest BCUT2D eigenvalue weighted by atomic mass is 10.0. The summed E-state index contributed by atoms with van der Waals surface area (Å²) in [6, 6.07) is 9.36. The molecule has 0 fully saturated rings. The predicted octanol–water partition coefficient (Wildman–Crippen LogP) is 3.22. The van der Waals surface area contributed by atoms with Crippen molar-refractivity contribution in [2.24, 2.45) is 0 Å². The van der Waals surface area contributed by atoms with Gasteiger partial charge in [-0.15, -0.1) is 0 Å². The maximum atomic E-state index is 13.7. The fraction of sp³-hybridized carbons (Fsp3) is 0.188. The van der Waals surface area contributed by atoms with Crippen LogP contribution in [0.1, 0.15) is 15.9 Å². The van der Waals surface area contributed by atoms with Crippen molar-refractivity contribution in [2.75, 3.05) is 20.3 Å². The van der Waals surface area contributed by atoms with Gasteiger partial charge >= 0.3 is 0 Å². The third kappa shape index (κ3) is 3.64. The van der Waals surface area contributed by atoms with Gasteiger partial charge in [0.2, 0.25) is 0 Å². The second-order valence-electron chi connectivity index (χ2n) is 4.29. The Labute approximate surface area is 121 Å². The smallest absolute Gasteiger partial charge is 0.199 e. The summed E-state index contributed by atoms with van der Waals surface area (Å²) < 4.78 is 36.9. The Morgan fingerprint density at radius 3 is 2.52 bits per heavy atom. The lowest BCUT2D eigenvalue weighted by Gasteiger charge is -2.10. The summed E-state index contributed by atoms with van der Waals surface area (Å²) in [7, 11) is 1.54. The molecular formula is C16H14F2O3. The monoisotopic (exact) mass is 292 g/mol. The molecule has 5 heteroatoms. The first-order chi connectivity index (χ1) is 10.1. The number of ketones is 1. The first kappa shape index (κ1) is 15.1. The van der Waals surface area contributed by atoms with Crippen LogP contribution in [0.2, 0.25) is 0 Å². The highest BCUT2D eigenvalue weighted by atomic mass is 19.1. The van der Waals surface area contributed by atoms with Gasteiger partial charge in [0.1, 0.15) is 24.0 Å². The highest BCUT2D eigenvalue weighted by Gasteiger charge is 2.18. The molecule has 0 aliphatic rings. The number of rotatable bonds is 6. The molecule has 0 aromatic heterocycles. The van der Waals surface area contributed by atoms with Gasteiger partial charge in [0.15, 0.2) is 5.78 Å². The molecule has 2 aromatic rings. The van der Waals surface area contributed by atoms with Crippen LogP contribution in [0.25, 0.3) is 0 Å². The van der Waals surface area contributed by atoms with Crippen LogP contribution in [0.15, 0.2) is 42.5 Å². The summed E-state index contributed by atoms with van der Waals surface area (Å²) >= 11 is 0. The molecule has 2 aromatic carbocycles. The lowest BCUT2D eigenvalue weighted by Crippen LogP contribution is -2.10. The number of benzene rings is 2. The molecule has 0 saturated heterocycles. The van der Waals surface area contributed by atoms with Crippen LogP contribution in [0.3, 0.4) is 0 Å². The van der Waals surface area contributed by atoms with Gasteiger partial charge in [-0.3, -0.25) is 4.79 Å². The van der Waals surface area contributed by atoms with Crippen molar-refractivity contribution in [1.29, 1.82) is 0 Å². The van der Waals surface area contributed by atoms with Crippen molar-refractivity contribution < 1.29 is 23.0 Å². The molecule has 0 atom stereocenters. The molecule has 0 spiro atoms. The van der Waals surface area contributed by atoms with E-state index in [4.69, 9.17) is 9.47 Å². The topological polar surface area (TPSA) is 35.5 Å². The van der Waals surface area contributed by atoms with Crippen molar-refractivity contribution >= 4 is 5.78 Å². The lowest BCUT2D eigenvalue weighted by molar-refractivity contribution is 0.102. The Bertz CT molecular complexity index is 641. The van der Waals surface area contributed by atoms with Crippen molar-refractivity contribution in [1.82, 2.24) is 0 Å². The summed E-state index contributed by atoms with van der Waals surface area (Å²) in [4.78, 5) is 12.4. The molecule has 0 saturated carbocycles. The first-order valence-corrected chi connectivity index (χ1v) is 6.34. The maximum absolute atomic E-state index is 13.7. The minimum absolute atomic E-state index is 0.195. The number of halogens is 2. The van der Waals surface area contributed by atoms with Crippen LogP contribution < -0.4 is 4.74 Å². The van der Waals surface area contributed by atoms with E-state index in [1.54, 1.807) is 18.2 Å². The number of hydrogen-bond donors (Lipinski definition) is 0. The Morgan fingerprint density at radius 2 is 1.81 bits per heavy atom. The largest absolute Gasteiger partial charge is 0.490 e. The SMILES string of the molecule is COCCOc1ccccc1C(=O)c1ccc(F)cc1F. The molecule has 0 unspecified atom stereocenters. The summed E-state index contributed by atoms with van der Waals surface area (Å²) in [5, 5.41) is 0. The zero-order valence-corrected chi connectivity index (χ0v) is 11.4. The van der Waals surface area contributed by atoms with Crippen molar-refractivity contribution in [2.45, 2.75) is 0 Å². The van der Waals surface area contributed by atoms with E-state index in [9.17, 15) is 13.6 Å². The highest BCUT2D eigenvalue weighted by Crippen LogP contribution is 2.23. The van der Waals surface area contributed by atoms with Crippen molar-refractivity contribution in [3.05, 3.63) is 65.2 Å². The number of carbonyl (C=O) groups excluding carboxylic acids is 1. The van der Waals surface area contributed by atoms with Gasteiger partial charge in [0.05, 0.1) is 17.7 Å². The molecule has 21 heavy (non-hydrogen) atoms.